The lowest BCUT2D eigenvalue weighted by Crippen LogP contribution is -2.35. The summed E-state index contributed by atoms with van der Waals surface area (Å²) in [4.78, 5) is 0. The standard InChI is InChI=1S/C15H23BrN2O/c1-9-10(2)14(19-4)12(11(3)13(9)16)7-18-8-15(17)5-6-15/h18H,5-8,17H2,1-4H3. The van der Waals surface area contributed by atoms with Crippen molar-refractivity contribution >= 4 is 15.9 Å². The molecule has 0 unspecified atom stereocenters. The average molecular weight is 327 g/mol. The van der Waals surface area contributed by atoms with Crippen LogP contribution in [0.3, 0.4) is 0 Å². The number of methoxy groups -OCH3 is 1. The summed E-state index contributed by atoms with van der Waals surface area (Å²) < 4.78 is 6.78. The summed E-state index contributed by atoms with van der Waals surface area (Å²) in [5, 5.41) is 3.47. The van der Waals surface area contributed by atoms with Gasteiger partial charge >= 0.3 is 0 Å². The first kappa shape index (κ1) is 14.8. The topological polar surface area (TPSA) is 47.3 Å². The van der Waals surface area contributed by atoms with Crippen LogP contribution in [-0.4, -0.2) is 19.2 Å². The number of benzene rings is 1. The van der Waals surface area contributed by atoms with Gasteiger partial charge in [0.15, 0.2) is 0 Å². The number of nitrogens with one attached hydrogen (secondary N) is 1. The molecule has 0 spiro atoms. The lowest BCUT2D eigenvalue weighted by molar-refractivity contribution is 0.402. The molecule has 106 valence electrons. The molecule has 0 saturated heterocycles. The number of hydrogen-bond donors (Lipinski definition) is 2. The predicted molar refractivity (Wildman–Crippen MR) is 82.8 cm³/mol. The molecule has 0 heterocycles. The molecular weight excluding hydrogens is 304 g/mol. The van der Waals surface area contributed by atoms with E-state index in [1.165, 1.54) is 26.7 Å². The number of halogens is 1. The molecule has 1 aliphatic carbocycles. The van der Waals surface area contributed by atoms with Gasteiger partial charge in [0.2, 0.25) is 0 Å². The van der Waals surface area contributed by atoms with Crippen LogP contribution in [-0.2, 0) is 6.54 Å². The highest BCUT2D eigenvalue weighted by Crippen LogP contribution is 2.36. The monoisotopic (exact) mass is 326 g/mol. The summed E-state index contributed by atoms with van der Waals surface area (Å²) in [6.07, 6.45) is 2.26. The number of hydrogen-bond acceptors (Lipinski definition) is 3. The highest BCUT2D eigenvalue weighted by molar-refractivity contribution is 9.10. The molecule has 1 fully saturated rings. The van der Waals surface area contributed by atoms with E-state index in [0.717, 1.165) is 31.7 Å². The smallest absolute Gasteiger partial charge is 0.126 e. The van der Waals surface area contributed by atoms with Crippen LogP contribution in [0.5, 0.6) is 5.75 Å². The normalized spacial score (nSPS) is 16.5. The molecule has 3 nitrogen and oxygen atoms in total. The zero-order chi connectivity index (χ0) is 14.2. The fraction of sp³-hybridized carbons (Fsp3) is 0.600. The molecule has 4 heteroatoms. The fourth-order valence-electron chi connectivity index (χ4n) is 2.41. The van der Waals surface area contributed by atoms with Gasteiger partial charge in [-0.2, -0.15) is 0 Å². The molecule has 3 N–H and O–H groups in total. The van der Waals surface area contributed by atoms with Crippen LogP contribution >= 0.6 is 15.9 Å². The Kier molecular flexibility index (Phi) is 4.23. The molecule has 1 aromatic rings. The lowest BCUT2D eigenvalue weighted by atomic mass is 9.98. The largest absolute Gasteiger partial charge is 0.496 e. The Morgan fingerprint density at radius 2 is 1.84 bits per heavy atom. The van der Waals surface area contributed by atoms with Gasteiger partial charge in [-0.25, -0.2) is 0 Å². The summed E-state index contributed by atoms with van der Waals surface area (Å²) in [6.45, 7) is 8.03. The first-order valence-electron chi connectivity index (χ1n) is 6.71. The first-order chi connectivity index (χ1) is 8.89. The number of ether oxygens (including phenoxy) is 1. The summed E-state index contributed by atoms with van der Waals surface area (Å²) in [5.74, 6) is 0.993. The molecule has 2 rings (SSSR count). The molecule has 1 aromatic carbocycles. The van der Waals surface area contributed by atoms with E-state index < -0.39 is 0 Å². The van der Waals surface area contributed by atoms with Gasteiger partial charge in [-0.05, 0) is 50.3 Å². The minimum Gasteiger partial charge on any atom is -0.496 e. The third kappa shape index (κ3) is 2.96. The van der Waals surface area contributed by atoms with Crippen molar-refractivity contribution in [1.29, 1.82) is 0 Å². The molecule has 0 atom stereocenters. The maximum Gasteiger partial charge on any atom is 0.126 e. The van der Waals surface area contributed by atoms with Gasteiger partial charge in [0, 0.05) is 28.7 Å². The van der Waals surface area contributed by atoms with E-state index in [-0.39, 0.29) is 5.54 Å². The van der Waals surface area contributed by atoms with E-state index in [1.54, 1.807) is 7.11 Å². The van der Waals surface area contributed by atoms with Gasteiger partial charge in [0.25, 0.3) is 0 Å². The van der Waals surface area contributed by atoms with Crippen molar-refractivity contribution in [3.05, 3.63) is 26.7 Å². The Balaban J connectivity index is 2.22. The third-order valence-corrected chi connectivity index (χ3v) is 5.35. The average Bonchev–Trinajstić information content (AvgIpc) is 3.11. The quantitative estimate of drug-likeness (QED) is 0.874. The van der Waals surface area contributed by atoms with Crippen molar-refractivity contribution in [3.8, 4) is 5.75 Å². The van der Waals surface area contributed by atoms with Gasteiger partial charge in [-0.1, -0.05) is 15.9 Å². The van der Waals surface area contributed by atoms with Crippen LogP contribution in [0, 0.1) is 20.8 Å². The van der Waals surface area contributed by atoms with E-state index >= 15 is 0 Å². The number of nitrogens with two attached hydrogens (primary N) is 1. The van der Waals surface area contributed by atoms with Crippen molar-refractivity contribution in [2.75, 3.05) is 13.7 Å². The highest BCUT2D eigenvalue weighted by atomic mass is 79.9. The minimum absolute atomic E-state index is 0.0398. The fourth-order valence-corrected chi connectivity index (χ4v) is 2.94. The second-order valence-corrected chi connectivity index (χ2v) is 6.46. The van der Waals surface area contributed by atoms with Gasteiger partial charge < -0.3 is 15.8 Å². The van der Waals surface area contributed by atoms with Crippen molar-refractivity contribution in [1.82, 2.24) is 5.32 Å². The van der Waals surface area contributed by atoms with Crippen molar-refractivity contribution in [2.45, 2.75) is 45.7 Å². The molecule has 0 aromatic heterocycles. The van der Waals surface area contributed by atoms with Crippen LogP contribution in [0.1, 0.15) is 35.1 Å². The first-order valence-corrected chi connectivity index (χ1v) is 7.50. The molecular formula is C15H23BrN2O. The molecule has 0 amide bonds. The molecule has 0 aliphatic heterocycles. The van der Waals surface area contributed by atoms with Crippen LogP contribution in [0.15, 0.2) is 4.47 Å². The summed E-state index contributed by atoms with van der Waals surface area (Å²) in [6, 6.07) is 0. The van der Waals surface area contributed by atoms with E-state index in [9.17, 15) is 0 Å². The van der Waals surface area contributed by atoms with Gasteiger partial charge in [0.1, 0.15) is 5.75 Å². The summed E-state index contributed by atoms with van der Waals surface area (Å²) >= 11 is 3.68. The SMILES string of the molecule is COc1c(C)c(C)c(Br)c(C)c1CNCC1(N)CC1. The van der Waals surface area contributed by atoms with Gasteiger partial charge in [0.05, 0.1) is 7.11 Å². The maximum absolute atomic E-state index is 6.10. The number of rotatable bonds is 5. The second kappa shape index (κ2) is 5.43. The molecule has 19 heavy (non-hydrogen) atoms. The van der Waals surface area contributed by atoms with E-state index in [4.69, 9.17) is 10.5 Å². The minimum atomic E-state index is 0.0398. The van der Waals surface area contributed by atoms with Crippen LogP contribution in [0.25, 0.3) is 0 Å². The zero-order valence-corrected chi connectivity index (χ0v) is 13.8. The van der Waals surface area contributed by atoms with E-state index in [2.05, 4.69) is 42.0 Å². The Morgan fingerprint density at radius 1 is 1.21 bits per heavy atom. The van der Waals surface area contributed by atoms with Gasteiger partial charge in [-0.15, -0.1) is 0 Å². The van der Waals surface area contributed by atoms with Crippen LogP contribution < -0.4 is 15.8 Å². The van der Waals surface area contributed by atoms with E-state index in [0.29, 0.717) is 0 Å². The lowest BCUT2D eigenvalue weighted by Gasteiger charge is -2.20. The Hall–Kier alpha value is -0.580. The Bertz CT molecular complexity index is 496. The molecule has 1 saturated carbocycles. The summed E-state index contributed by atoms with van der Waals surface area (Å²) in [5.41, 5.74) is 11.1. The van der Waals surface area contributed by atoms with Crippen molar-refractivity contribution < 1.29 is 4.74 Å². The van der Waals surface area contributed by atoms with Crippen LogP contribution in [0.4, 0.5) is 0 Å². The highest BCUT2D eigenvalue weighted by Gasteiger charge is 2.37. The maximum atomic E-state index is 6.10. The molecule has 0 bridgehead atoms. The second-order valence-electron chi connectivity index (χ2n) is 5.67. The van der Waals surface area contributed by atoms with Gasteiger partial charge in [-0.3, -0.25) is 0 Å². The van der Waals surface area contributed by atoms with Crippen LogP contribution in [0.2, 0.25) is 0 Å². The van der Waals surface area contributed by atoms with E-state index in [1.807, 2.05) is 0 Å². The molecule has 0 radical (unpaired) electrons. The Labute approximate surface area is 124 Å². The third-order valence-electron chi connectivity index (χ3n) is 4.16. The van der Waals surface area contributed by atoms with Crippen molar-refractivity contribution in [2.24, 2.45) is 5.73 Å². The molecule has 1 aliphatic rings. The predicted octanol–water partition coefficient (Wildman–Crippen LogP) is 2.96. The Morgan fingerprint density at radius 3 is 2.37 bits per heavy atom. The summed E-state index contributed by atoms with van der Waals surface area (Å²) in [7, 11) is 1.74. The zero-order valence-electron chi connectivity index (χ0n) is 12.2. The van der Waals surface area contributed by atoms with Crippen molar-refractivity contribution in [3.63, 3.8) is 0 Å².